The number of carbonyl (C=O) groups is 5. The third-order valence-electron chi connectivity index (χ3n) is 12.4. The molecule has 3 heterocycles. The minimum absolute atomic E-state index is 0.0751. The average Bonchev–Trinajstić information content (AvgIpc) is 3.46. The molecule has 0 bridgehead atoms. The van der Waals surface area contributed by atoms with Crippen molar-refractivity contribution >= 4 is 41.1 Å². The van der Waals surface area contributed by atoms with Gasteiger partial charge in [-0.15, -0.1) is 0 Å². The van der Waals surface area contributed by atoms with Gasteiger partial charge in [0, 0.05) is 67.6 Å². The van der Waals surface area contributed by atoms with Gasteiger partial charge >= 0.3 is 0 Å². The molecule has 310 valence electrons. The molecule has 2 saturated heterocycles. The number of fused-ring (bicyclic) bond motifs is 1. The quantitative estimate of drug-likeness (QED) is 0.163. The second-order valence-corrected chi connectivity index (χ2v) is 17.5. The van der Waals surface area contributed by atoms with Gasteiger partial charge < -0.3 is 19.7 Å². The summed E-state index contributed by atoms with van der Waals surface area (Å²) in [6.45, 7) is 14.4. The molecular formula is C45H51ClN6O7. The predicted octanol–water partition coefficient (Wildman–Crippen LogP) is 5.24. The van der Waals surface area contributed by atoms with Gasteiger partial charge in [-0.05, 0) is 80.3 Å². The minimum atomic E-state index is -0.997. The highest BCUT2D eigenvalue weighted by atomic mass is 35.5. The van der Waals surface area contributed by atoms with Crippen molar-refractivity contribution in [3.63, 3.8) is 0 Å². The third kappa shape index (κ3) is 8.72. The van der Waals surface area contributed by atoms with Crippen molar-refractivity contribution in [3.05, 3.63) is 93.5 Å². The van der Waals surface area contributed by atoms with Gasteiger partial charge in [0.1, 0.15) is 36.3 Å². The number of hydrogen-bond acceptors (Lipinski definition) is 10. The van der Waals surface area contributed by atoms with E-state index in [1.54, 1.807) is 36.4 Å². The lowest BCUT2D eigenvalue weighted by Gasteiger charge is -2.63. The Bertz CT molecular complexity index is 2160. The second kappa shape index (κ2) is 17.1. The molecule has 13 nitrogen and oxygen atoms in total. The number of carbonyl (C=O) groups excluding carboxylic acids is 5. The largest absolute Gasteiger partial charge is 0.492 e. The van der Waals surface area contributed by atoms with Crippen molar-refractivity contribution in [1.82, 2.24) is 25.3 Å². The van der Waals surface area contributed by atoms with E-state index in [2.05, 4.69) is 54.2 Å². The number of ether oxygens (including phenoxy) is 2. The van der Waals surface area contributed by atoms with Crippen molar-refractivity contribution in [2.75, 3.05) is 45.9 Å². The van der Waals surface area contributed by atoms with Crippen LogP contribution < -0.4 is 20.1 Å². The Labute approximate surface area is 349 Å². The number of aryl methyl sites for hydroxylation is 1. The molecule has 1 atom stereocenters. The van der Waals surface area contributed by atoms with E-state index in [-0.39, 0.29) is 52.9 Å². The molecule has 3 aliphatic heterocycles. The highest BCUT2D eigenvalue weighted by molar-refractivity contribution is 6.31. The lowest BCUT2D eigenvalue weighted by atomic mass is 9.49. The van der Waals surface area contributed by atoms with E-state index in [9.17, 15) is 29.2 Å². The van der Waals surface area contributed by atoms with Gasteiger partial charge in [-0.3, -0.25) is 39.1 Å². The summed E-state index contributed by atoms with van der Waals surface area (Å²) in [5.41, 5.74) is 1.99. The van der Waals surface area contributed by atoms with Crippen LogP contribution in [0, 0.1) is 22.2 Å². The number of nitriles is 1. The summed E-state index contributed by atoms with van der Waals surface area (Å²) in [6.07, 6.45) is 3.09. The van der Waals surface area contributed by atoms with Gasteiger partial charge in [0.2, 0.25) is 11.8 Å². The van der Waals surface area contributed by atoms with Crippen molar-refractivity contribution in [1.29, 1.82) is 5.26 Å². The van der Waals surface area contributed by atoms with Crippen LogP contribution >= 0.6 is 11.6 Å². The molecule has 2 N–H and O–H groups in total. The van der Waals surface area contributed by atoms with E-state index in [1.807, 2.05) is 24.3 Å². The maximum atomic E-state index is 13.4. The summed E-state index contributed by atoms with van der Waals surface area (Å²) >= 11 is 6.24. The fourth-order valence-electron chi connectivity index (χ4n) is 9.37. The van der Waals surface area contributed by atoms with Crippen molar-refractivity contribution in [2.45, 2.75) is 78.0 Å². The SMILES string of the molecule is CC1(C)[C@H](NC(=O)c2ccc(CCCCN3CCN(CCOc4ccc5c(c4)C(=O)N([C@H]4CCC(=O)NC4=O)C5=O)CC3)cc2)C(C)(C)[C@H]1Oc1ccc(C#N)c(Cl)c1. The number of halogens is 1. The summed E-state index contributed by atoms with van der Waals surface area (Å²) in [7, 11) is 0. The van der Waals surface area contributed by atoms with E-state index in [0.29, 0.717) is 34.3 Å². The molecule has 3 fully saturated rings. The highest BCUT2D eigenvalue weighted by Crippen LogP contribution is 2.55. The molecule has 7 rings (SSSR count). The Morgan fingerprint density at radius 1 is 0.864 bits per heavy atom. The molecule has 1 aliphatic carbocycles. The maximum absolute atomic E-state index is 13.4. The molecule has 1 saturated carbocycles. The summed E-state index contributed by atoms with van der Waals surface area (Å²) in [6, 6.07) is 18.7. The number of nitrogens with zero attached hydrogens (tertiary/aromatic N) is 4. The van der Waals surface area contributed by atoms with Crippen LogP contribution in [0.5, 0.6) is 11.5 Å². The van der Waals surface area contributed by atoms with E-state index in [4.69, 9.17) is 21.1 Å². The van der Waals surface area contributed by atoms with E-state index in [1.165, 1.54) is 5.56 Å². The number of unbranched alkanes of at least 4 members (excludes halogenated alkanes) is 1. The molecule has 59 heavy (non-hydrogen) atoms. The standard InChI is InChI=1S/C45H51ClN6O7/c1-44(2)42(45(3,4)43(44)59-32-13-12-30(27-47)35(46)26-32)49-38(54)29-10-8-28(9-11-29)7-5-6-18-50-19-21-51(22-20-50)23-24-58-31-14-15-33-34(25-31)41(57)52(40(33)56)36-16-17-37(53)48-39(36)55/h8-15,25-26,36,42-43H,5-7,16-24H2,1-4H3,(H,49,54)(H,48,53,55)/t36-,42-,43-/m0/s1. The van der Waals surface area contributed by atoms with Crippen LogP contribution in [-0.4, -0.2) is 108 Å². The average molecular weight is 823 g/mol. The minimum Gasteiger partial charge on any atom is -0.492 e. The van der Waals surface area contributed by atoms with Crippen molar-refractivity contribution in [2.24, 2.45) is 10.8 Å². The maximum Gasteiger partial charge on any atom is 0.262 e. The Morgan fingerprint density at radius 2 is 1.53 bits per heavy atom. The summed E-state index contributed by atoms with van der Waals surface area (Å²) in [5, 5.41) is 15.0. The first-order chi connectivity index (χ1) is 28.2. The number of benzene rings is 3. The zero-order chi connectivity index (χ0) is 42.1. The topological polar surface area (TPSA) is 161 Å². The Hall–Kier alpha value is -5.29. The molecule has 5 amide bonds. The van der Waals surface area contributed by atoms with Crippen molar-refractivity contribution < 1.29 is 33.4 Å². The first kappa shape index (κ1) is 41.9. The lowest BCUT2D eigenvalue weighted by Crippen LogP contribution is -2.74. The Balaban J connectivity index is 0.786. The molecule has 0 spiro atoms. The fraction of sp³-hybridized carbons (Fsp3) is 0.467. The van der Waals surface area contributed by atoms with Gasteiger partial charge in [-0.1, -0.05) is 51.4 Å². The molecule has 3 aromatic carbocycles. The van der Waals surface area contributed by atoms with Crippen LogP contribution in [0.1, 0.15) is 95.6 Å². The van der Waals surface area contributed by atoms with Gasteiger partial charge in [-0.2, -0.15) is 5.26 Å². The van der Waals surface area contributed by atoms with E-state index >= 15 is 0 Å². The highest BCUT2D eigenvalue weighted by Gasteiger charge is 2.64. The van der Waals surface area contributed by atoms with Crippen LogP contribution in [0.4, 0.5) is 0 Å². The number of piperidine rings is 1. The fourth-order valence-corrected chi connectivity index (χ4v) is 9.58. The van der Waals surface area contributed by atoms with Crippen LogP contribution in [0.15, 0.2) is 60.7 Å². The number of rotatable bonds is 14. The lowest BCUT2D eigenvalue weighted by molar-refractivity contribution is -0.164. The smallest absolute Gasteiger partial charge is 0.262 e. The predicted molar refractivity (Wildman–Crippen MR) is 220 cm³/mol. The molecular weight excluding hydrogens is 772 g/mol. The van der Waals surface area contributed by atoms with Crippen LogP contribution in [0.25, 0.3) is 0 Å². The molecule has 4 aliphatic rings. The first-order valence-electron chi connectivity index (χ1n) is 20.4. The second-order valence-electron chi connectivity index (χ2n) is 17.1. The molecule has 3 aromatic rings. The summed E-state index contributed by atoms with van der Waals surface area (Å²) in [5.74, 6) is -1.14. The monoisotopic (exact) mass is 822 g/mol. The number of imide groups is 2. The normalized spacial score (nSPS) is 22.6. The van der Waals surface area contributed by atoms with Crippen LogP contribution in [-0.2, 0) is 16.0 Å². The van der Waals surface area contributed by atoms with Crippen LogP contribution in [0.2, 0.25) is 5.02 Å². The first-order valence-corrected chi connectivity index (χ1v) is 20.7. The van der Waals surface area contributed by atoms with Gasteiger partial charge in [0.05, 0.1) is 21.7 Å². The van der Waals surface area contributed by atoms with Crippen LogP contribution in [0.3, 0.4) is 0 Å². The number of nitrogens with one attached hydrogen (secondary N) is 2. The molecule has 0 unspecified atom stereocenters. The number of hydrogen-bond donors (Lipinski definition) is 2. The third-order valence-corrected chi connectivity index (χ3v) is 12.7. The number of piperazine rings is 1. The summed E-state index contributed by atoms with van der Waals surface area (Å²) < 4.78 is 12.3. The zero-order valence-corrected chi connectivity index (χ0v) is 34.8. The number of amides is 5. The Kier molecular flexibility index (Phi) is 12.2. The molecule has 14 heteroatoms. The summed E-state index contributed by atoms with van der Waals surface area (Å²) in [4.78, 5) is 69.1. The zero-order valence-electron chi connectivity index (χ0n) is 34.0. The van der Waals surface area contributed by atoms with Gasteiger partial charge in [0.25, 0.3) is 17.7 Å². The molecule has 0 aromatic heterocycles. The van der Waals surface area contributed by atoms with Gasteiger partial charge in [0.15, 0.2) is 0 Å². The Morgan fingerprint density at radius 3 is 2.19 bits per heavy atom. The van der Waals surface area contributed by atoms with E-state index < -0.39 is 29.7 Å². The van der Waals surface area contributed by atoms with E-state index in [0.717, 1.165) is 63.4 Å². The van der Waals surface area contributed by atoms with Crippen molar-refractivity contribution in [3.8, 4) is 17.6 Å². The van der Waals surface area contributed by atoms with Gasteiger partial charge in [-0.25, -0.2) is 0 Å². The molecule has 0 radical (unpaired) electrons.